The van der Waals surface area contributed by atoms with Crippen LogP contribution in [0.25, 0.3) is 0 Å². The van der Waals surface area contributed by atoms with Gasteiger partial charge in [0, 0.05) is 13.5 Å². The van der Waals surface area contributed by atoms with Gasteiger partial charge in [0.1, 0.15) is 0 Å². The predicted octanol–water partition coefficient (Wildman–Crippen LogP) is 2.71. The molecule has 3 nitrogen and oxygen atoms in total. The largest absolute Gasteiger partial charge is 0.387 e. The Balaban J connectivity index is 1.79. The number of aliphatic hydroxyl groups excluding tert-OH is 1. The maximum absolute atomic E-state index is 12.1. The number of benzene rings is 1. The first kappa shape index (κ1) is 15.5. The van der Waals surface area contributed by atoms with Crippen LogP contribution in [0, 0.1) is 0 Å². The molecule has 0 aromatic heterocycles. The number of allylic oxidation sites excluding steroid dienone is 2. The van der Waals surface area contributed by atoms with Crippen molar-refractivity contribution in [1.82, 2.24) is 4.90 Å². The number of amides is 1. The van der Waals surface area contributed by atoms with Crippen LogP contribution in [-0.2, 0) is 11.2 Å². The summed E-state index contributed by atoms with van der Waals surface area (Å²) in [7, 11) is 1.75. The third-order valence-corrected chi connectivity index (χ3v) is 3.75. The lowest BCUT2D eigenvalue weighted by Gasteiger charge is -2.22. The van der Waals surface area contributed by atoms with Crippen molar-refractivity contribution in [3.05, 3.63) is 59.7 Å². The van der Waals surface area contributed by atoms with Crippen molar-refractivity contribution in [2.75, 3.05) is 13.6 Å². The van der Waals surface area contributed by atoms with E-state index in [2.05, 4.69) is 6.08 Å². The zero-order valence-electron chi connectivity index (χ0n) is 12.5. The van der Waals surface area contributed by atoms with Crippen molar-refractivity contribution in [1.29, 1.82) is 0 Å². The third-order valence-electron chi connectivity index (χ3n) is 3.75. The minimum Gasteiger partial charge on any atom is -0.387 e. The molecule has 1 aromatic carbocycles. The molecule has 0 aliphatic heterocycles. The van der Waals surface area contributed by atoms with Crippen molar-refractivity contribution >= 4 is 5.91 Å². The number of hydrogen-bond acceptors (Lipinski definition) is 2. The van der Waals surface area contributed by atoms with E-state index in [1.807, 2.05) is 42.5 Å². The van der Waals surface area contributed by atoms with Gasteiger partial charge in [-0.3, -0.25) is 4.79 Å². The first-order valence-corrected chi connectivity index (χ1v) is 7.49. The van der Waals surface area contributed by atoms with Crippen LogP contribution in [0.5, 0.6) is 0 Å². The van der Waals surface area contributed by atoms with E-state index in [4.69, 9.17) is 0 Å². The Labute approximate surface area is 126 Å². The van der Waals surface area contributed by atoms with Crippen molar-refractivity contribution in [3.8, 4) is 0 Å². The SMILES string of the molecule is CN(CC(O)C1=CCCC=C1)C(=O)CCc1ccccc1. The third kappa shape index (κ3) is 4.87. The second kappa shape index (κ2) is 7.79. The Bertz CT molecular complexity index is 519. The van der Waals surface area contributed by atoms with Crippen LogP contribution in [0.3, 0.4) is 0 Å². The highest BCUT2D eigenvalue weighted by atomic mass is 16.3. The van der Waals surface area contributed by atoms with Crippen LogP contribution in [-0.4, -0.2) is 35.6 Å². The quantitative estimate of drug-likeness (QED) is 0.873. The van der Waals surface area contributed by atoms with Crippen molar-refractivity contribution in [3.63, 3.8) is 0 Å². The minimum absolute atomic E-state index is 0.0679. The summed E-state index contributed by atoms with van der Waals surface area (Å²) in [5.74, 6) is 0.0679. The van der Waals surface area contributed by atoms with Crippen LogP contribution in [0.15, 0.2) is 54.1 Å². The molecule has 1 amide bonds. The molecular formula is C18H23NO2. The molecule has 0 radical (unpaired) electrons. The lowest BCUT2D eigenvalue weighted by atomic mass is 10.0. The number of aryl methyl sites for hydroxylation is 1. The van der Waals surface area contributed by atoms with Gasteiger partial charge in [0.25, 0.3) is 0 Å². The van der Waals surface area contributed by atoms with Gasteiger partial charge < -0.3 is 10.0 Å². The molecule has 0 saturated carbocycles. The van der Waals surface area contributed by atoms with Crippen LogP contribution >= 0.6 is 0 Å². The van der Waals surface area contributed by atoms with Crippen LogP contribution in [0.4, 0.5) is 0 Å². The summed E-state index contributed by atoms with van der Waals surface area (Å²) >= 11 is 0. The number of carbonyl (C=O) groups is 1. The second-order valence-corrected chi connectivity index (χ2v) is 5.46. The van der Waals surface area contributed by atoms with Gasteiger partial charge in [0.2, 0.25) is 5.91 Å². The van der Waals surface area contributed by atoms with E-state index in [9.17, 15) is 9.90 Å². The van der Waals surface area contributed by atoms with Crippen molar-refractivity contribution in [2.45, 2.75) is 31.8 Å². The van der Waals surface area contributed by atoms with E-state index in [-0.39, 0.29) is 5.91 Å². The normalized spacial score (nSPS) is 15.4. The lowest BCUT2D eigenvalue weighted by molar-refractivity contribution is -0.130. The molecule has 0 spiro atoms. The topological polar surface area (TPSA) is 40.5 Å². The summed E-state index contributed by atoms with van der Waals surface area (Å²) in [5.41, 5.74) is 2.08. The highest BCUT2D eigenvalue weighted by Gasteiger charge is 2.16. The summed E-state index contributed by atoms with van der Waals surface area (Å²) in [6.07, 6.45) is 8.69. The van der Waals surface area contributed by atoms with Gasteiger partial charge in [-0.2, -0.15) is 0 Å². The molecule has 3 heteroatoms. The Morgan fingerprint density at radius 1 is 1.29 bits per heavy atom. The Hall–Kier alpha value is -1.87. The molecular weight excluding hydrogens is 262 g/mol. The molecule has 0 fully saturated rings. The van der Waals surface area contributed by atoms with Gasteiger partial charge in [-0.15, -0.1) is 0 Å². The molecule has 0 bridgehead atoms. The monoisotopic (exact) mass is 285 g/mol. The summed E-state index contributed by atoms with van der Waals surface area (Å²) < 4.78 is 0. The van der Waals surface area contributed by atoms with E-state index in [0.717, 1.165) is 30.4 Å². The molecule has 1 aliphatic carbocycles. The lowest BCUT2D eigenvalue weighted by Crippen LogP contribution is -2.35. The average Bonchev–Trinajstić information content (AvgIpc) is 2.54. The van der Waals surface area contributed by atoms with E-state index < -0.39 is 6.10 Å². The van der Waals surface area contributed by atoms with Crippen LogP contribution < -0.4 is 0 Å². The van der Waals surface area contributed by atoms with Crippen molar-refractivity contribution < 1.29 is 9.90 Å². The number of nitrogens with zero attached hydrogens (tertiary/aromatic N) is 1. The standard InChI is InChI=1S/C18H23NO2/c1-19(14-17(20)16-10-6-3-7-11-16)18(21)13-12-15-8-4-2-5-9-15/h2,4-6,8-11,17,20H,3,7,12-14H2,1H3. The molecule has 1 aliphatic rings. The maximum atomic E-state index is 12.1. The zero-order chi connectivity index (χ0) is 15.1. The summed E-state index contributed by atoms with van der Waals surface area (Å²) in [6.45, 7) is 0.351. The second-order valence-electron chi connectivity index (χ2n) is 5.46. The molecule has 1 N–H and O–H groups in total. The minimum atomic E-state index is -0.591. The molecule has 21 heavy (non-hydrogen) atoms. The number of rotatable bonds is 6. The Morgan fingerprint density at radius 3 is 2.71 bits per heavy atom. The van der Waals surface area contributed by atoms with Crippen LogP contribution in [0.2, 0.25) is 0 Å². The molecule has 112 valence electrons. The molecule has 0 heterocycles. The van der Waals surface area contributed by atoms with E-state index >= 15 is 0 Å². The summed E-state index contributed by atoms with van der Waals surface area (Å²) in [4.78, 5) is 13.7. The fourth-order valence-electron chi connectivity index (χ4n) is 2.43. The fraction of sp³-hybridized carbons (Fsp3) is 0.389. The first-order chi connectivity index (χ1) is 10.2. The van der Waals surface area contributed by atoms with E-state index in [1.165, 1.54) is 0 Å². The van der Waals surface area contributed by atoms with Gasteiger partial charge >= 0.3 is 0 Å². The Morgan fingerprint density at radius 2 is 2.05 bits per heavy atom. The molecule has 1 unspecified atom stereocenters. The average molecular weight is 285 g/mol. The number of hydrogen-bond donors (Lipinski definition) is 1. The number of aliphatic hydroxyl groups is 1. The number of carbonyl (C=O) groups excluding carboxylic acids is 1. The summed E-state index contributed by atoms with van der Waals surface area (Å²) in [5, 5.41) is 10.2. The van der Waals surface area contributed by atoms with Crippen LogP contribution in [0.1, 0.15) is 24.8 Å². The predicted molar refractivity (Wildman–Crippen MR) is 84.9 cm³/mol. The van der Waals surface area contributed by atoms with E-state index in [0.29, 0.717) is 13.0 Å². The highest BCUT2D eigenvalue weighted by Crippen LogP contribution is 2.14. The highest BCUT2D eigenvalue weighted by molar-refractivity contribution is 5.76. The smallest absolute Gasteiger partial charge is 0.222 e. The molecule has 1 atom stereocenters. The van der Waals surface area contributed by atoms with Gasteiger partial charge in [-0.25, -0.2) is 0 Å². The van der Waals surface area contributed by atoms with Gasteiger partial charge in [0.15, 0.2) is 0 Å². The summed E-state index contributed by atoms with van der Waals surface area (Å²) in [6, 6.07) is 9.99. The Kier molecular flexibility index (Phi) is 5.76. The zero-order valence-corrected chi connectivity index (χ0v) is 12.5. The first-order valence-electron chi connectivity index (χ1n) is 7.49. The van der Waals surface area contributed by atoms with E-state index in [1.54, 1.807) is 11.9 Å². The number of likely N-dealkylation sites (N-methyl/N-ethyl adjacent to an activating group) is 1. The molecule has 2 rings (SSSR count). The van der Waals surface area contributed by atoms with Gasteiger partial charge in [-0.05, 0) is 30.4 Å². The molecule has 0 saturated heterocycles. The maximum Gasteiger partial charge on any atom is 0.222 e. The van der Waals surface area contributed by atoms with Gasteiger partial charge in [0.05, 0.1) is 12.6 Å². The van der Waals surface area contributed by atoms with Crippen molar-refractivity contribution in [2.24, 2.45) is 0 Å². The molecule has 1 aromatic rings. The van der Waals surface area contributed by atoms with Gasteiger partial charge in [-0.1, -0.05) is 48.6 Å². The fourth-order valence-corrected chi connectivity index (χ4v) is 2.43.